The maximum absolute atomic E-state index is 13.0. The summed E-state index contributed by atoms with van der Waals surface area (Å²) < 4.78 is 27.5. The Bertz CT molecular complexity index is 969. The second-order valence-corrected chi connectivity index (χ2v) is 9.53. The zero-order valence-corrected chi connectivity index (χ0v) is 17.2. The monoisotopic (exact) mass is 430 g/mol. The summed E-state index contributed by atoms with van der Waals surface area (Å²) in [7, 11) is -3.62. The van der Waals surface area contributed by atoms with Crippen molar-refractivity contribution >= 4 is 44.0 Å². The fraction of sp³-hybridized carbons (Fsp3) is 0.375. The van der Waals surface area contributed by atoms with E-state index in [2.05, 4.69) is 4.98 Å². The number of amides is 1. The number of rotatable bonds is 4. The van der Waals surface area contributed by atoms with Gasteiger partial charge < -0.3 is 4.90 Å². The van der Waals surface area contributed by atoms with Gasteiger partial charge in [0.1, 0.15) is 4.88 Å². The number of aryl methyl sites for hydroxylation is 2. The Balaban J connectivity index is 1.74. The Morgan fingerprint density at radius 3 is 2.52 bits per heavy atom. The molecule has 2 N–H and O–H groups in total. The molecule has 8 nitrogen and oxygen atoms in total. The van der Waals surface area contributed by atoms with Crippen LogP contribution in [-0.4, -0.2) is 55.0 Å². The summed E-state index contributed by atoms with van der Waals surface area (Å²) in [5, 5.41) is 9.84. The van der Waals surface area contributed by atoms with Gasteiger partial charge in [-0.05, 0) is 37.1 Å². The number of piperazine rings is 1. The van der Waals surface area contributed by atoms with E-state index in [-0.39, 0.29) is 9.77 Å². The first-order chi connectivity index (χ1) is 12.7. The standard InChI is InChI=1S/C16H19ClN4O4S2/c1-10-8-14(11(2)7-12(10)17)27(24,25)21-5-3-20(4-6-21)16-18-9-13(26-16)15(22)19-23/h7-9,23H,3-6H2,1-2H3,(H,19,22). The van der Waals surface area contributed by atoms with Gasteiger partial charge in [-0.2, -0.15) is 4.31 Å². The van der Waals surface area contributed by atoms with E-state index in [1.807, 2.05) is 4.90 Å². The van der Waals surface area contributed by atoms with E-state index in [0.29, 0.717) is 41.9 Å². The first kappa shape index (κ1) is 20.0. The van der Waals surface area contributed by atoms with Crippen LogP contribution < -0.4 is 10.4 Å². The average Bonchev–Trinajstić information content (AvgIpc) is 3.14. The quantitative estimate of drug-likeness (QED) is 0.568. The number of carbonyl (C=O) groups excluding carboxylic acids is 1. The Hall–Kier alpha value is -1.72. The number of halogens is 1. The molecule has 1 aromatic heterocycles. The number of hydrogen-bond donors (Lipinski definition) is 2. The molecular formula is C16H19ClN4O4S2. The van der Waals surface area contributed by atoms with Gasteiger partial charge in [0.2, 0.25) is 10.0 Å². The van der Waals surface area contributed by atoms with Crippen molar-refractivity contribution in [3.05, 3.63) is 39.4 Å². The summed E-state index contributed by atoms with van der Waals surface area (Å²) in [6.45, 7) is 5.05. The van der Waals surface area contributed by atoms with Crippen molar-refractivity contribution in [1.82, 2.24) is 14.8 Å². The van der Waals surface area contributed by atoms with E-state index < -0.39 is 15.9 Å². The van der Waals surface area contributed by atoms with Crippen LogP contribution in [0.2, 0.25) is 5.02 Å². The van der Waals surface area contributed by atoms with Gasteiger partial charge in [0, 0.05) is 31.2 Å². The number of thiazole rings is 1. The molecule has 1 saturated heterocycles. The lowest BCUT2D eigenvalue weighted by molar-refractivity contribution is 0.0710. The minimum Gasteiger partial charge on any atom is -0.345 e. The first-order valence-electron chi connectivity index (χ1n) is 8.16. The van der Waals surface area contributed by atoms with Gasteiger partial charge >= 0.3 is 0 Å². The number of nitrogens with one attached hydrogen (secondary N) is 1. The number of nitrogens with zero attached hydrogens (tertiary/aromatic N) is 3. The predicted molar refractivity (Wildman–Crippen MR) is 103 cm³/mol. The van der Waals surface area contributed by atoms with Crippen LogP contribution in [0.25, 0.3) is 0 Å². The van der Waals surface area contributed by atoms with Crippen molar-refractivity contribution in [1.29, 1.82) is 0 Å². The Morgan fingerprint density at radius 1 is 1.22 bits per heavy atom. The van der Waals surface area contributed by atoms with Crippen molar-refractivity contribution in [2.24, 2.45) is 0 Å². The van der Waals surface area contributed by atoms with Crippen LogP contribution in [0.15, 0.2) is 23.2 Å². The Labute approximate surface area is 166 Å². The van der Waals surface area contributed by atoms with Gasteiger partial charge in [-0.15, -0.1) is 0 Å². The highest BCUT2D eigenvalue weighted by Crippen LogP contribution is 2.28. The molecule has 1 aliphatic rings. The van der Waals surface area contributed by atoms with Crippen molar-refractivity contribution in [2.45, 2.75) is 18.7 Å². The minimum atomic E-state index is -3.62. The normalized spacial score (nSPS) is 15.8. The van der Waals surface area contributed by atoms with E-state index in [4.69, 9.17) is 16.8 Å². The first-order valence-corrected chi connectivity index (χ1v) is 10.8. The van der Waals surface area contributed by atoms with Gasteiger partial charge in [-0.25, -0.2) is 18.9 Å². The van der Waals surface area contributed by atoms with Crippen molar-refractivity contribution in [2.75, 3.05) is 31.1 Å². The zero-order chi connectivity index (χ0) is 19.8. The van der Waals surface area contributed by atoms with Crippen molar-refractivity contribution in [3.63, 3.8) is 0 Å². The zero-order valence-electron chi connectivity index (χ0n) is 14.8. The highest BCUT2D eigenvalue weighted by molar-refractivity contribution is 7.89. The molecule has 0 atom stereocenters. The summed E-state index contributed by atoms with van der Waals surface area (Å²) in [4.78, 5) is 18.1. The van der Waals surface area contributed by atoms with Crippen LogP contribution in [0.3, 0.4) is 0 Å². The van der Waals surface area contributed by atoms with Gasteiger partial charge in [-0.1, -0.05) is 22.9 Å². The number of hydrogen-bond acceptors (Lipinski definition) is 7. The molecule has 1 aromatic carbocycles. The third kappa shape index (κ3) is 3.94. The van der Waals surface area contributed by atoms with E-state index >= 15 is 0 Å². The summed E-state index contributed by atoms with van der Waals surface area (Å²) in [6.07, 6.45) is 1.38. The lowest BCUT2D eigenvalue weighted by Gasteiger charge is -2.34. The Morgan fingerprint density at radius 2 is 1.89 bits per heavy atom. The number of aromatic nitrogens is 1. The molecular weight excluding hydrogens is 412 g/mol. The molecule has 146 valence electrons. The lowest BCUT2D eigenvalue weighted by Crippen LogP contribution is -2.48. The van der Waals surface area contributed by atoms with Crippen LogP contribution in [-0.2, 0) is 10.0 Å². The van der Waals surface area contributed by atoms with E-state index in [1.54, 1.807) is 31.5 Å². The summed E-state index contributed by atoms with van der Waals surface area (Å²) in [5.74, 6) is -0.617. The summed E-state index contributed by atoms with van der Waals surface area (Å²) >= 11 is 7.22. The minimum absolute atomic E-state index is 0.272. The second-order valence-electron chi connectivity index (χ2n) is 6.21. The maximum Gasteiger partial charge on any atom is 0.286 e. The number of anilines is 1. The van der Waals surface area contributed by atoms with E-state index in [9.17, 15) is 13.2 Å². The molecule has 0 saturated carbocycles. The van der Waals surface area contributed by atoms with Crippen LogP contribution in [0.5, 0.6) is 0 Å². The molecule has 0 spiro atoms. The molecule has 2 heterocycles. The maximum atomic E-state index is 13.0. The molecule has 3 rings (SSSR count). The predicted octanol–water partition coefficient (Wildman–Crippen LogP) is 2.04. The molecule has 0 bridgehead atoms. The number of benzene rings is 1. The lowest BCUT2D eigenvalue weighted by atomic mass is 10.2. The van der Waals surface area contributed by atoms with Crippen molar-refractivity contribution in [3.8, 4) is 0 Å². The third-order valence-electron chi connectivity index (χ3n) is 4.40. The molecule has 0 unspecified atom stereocenters. The fourth-order valence-electron chi connectivity index (χ4n) is 2.86. The molecule has 1 amide bonds. The molecule has 2 aromatic rings. The van der Waals surface area contributed by atoms with Crippen LogP contribution in [0.4, 0.5) is 5.13 Å². The summed E-state index contributed by atoms with van der Waals surface area (Å²) in [6, 6.07) is 3.28. The highest BCUT2D eigenvalue weighted by atomic mass is 35.5. The van der Waals surface area contributed by atoms with E-state index in [1.165, 1.54) is 10.5 Å². The topological polar surface area (TPSA) is 103 Å². The van der Waals surface area contributed by atoms with Crippen LogP contribution >= 0.6 is 22.9 Å². The van der Waals surface area contributed by atoms with Gasteiger partial charge in [-0.3, -0.25) is 10.0 Å². The van der Waals surface area contributed by atoms with Gasteiger partial charge in [0.05, 0.1) is 11.1 Å². The van der Waals surface area contributed by atoms with Crippen LogP contribution in [0.1, 0.15) is 20.8 Å². The molecule has 27 heavy (non-hydrogen) atoms. The molecule has 0 aliphatic carbocycles. The van der Waals surface area contributed by atoms with Gasteiger partial charge in [0.25, 0.3) is 5.91 Å². The number of hydroxylamine groups is 1. The van der Waals surface area contributed by atoms with Crippen molar-refractivity contribution < 1.29 is 18.4 Å². The smallest absolute Gasteiger partial charge is 0.286 e. The third-order valence-corrected chi connectivity index (χ3v) is 7.91. The van der Waals surface area contributed by atoms with Gasteiger partial charge in [0.15, 0.2) is 5.13 Å². The number of sulfonamides is 1. The molecule has 1 aliphatic heterocycles. The molecule has 11 heteroatoms. The molecule has 1 fully saturated rings. The SMILES string of the molecule is Cc1cc(S(=O)(=O)N2CCN(c3ncc(C(=O)NO)s3)CC2)c(C)cc1Cl. The average molecular weight is 431 g/mol. The Kier molecular flexibility index (Phi) is 5.73. The fourth-order valence-corrected chi connectivity index (χ4v) is 5.65. The largest absolute Gasteiger partial charge is 0.345 e. The second kappa shape index (κ2) is 7.72. The molecule has 0 radical (unpaired) electrons. The van der Waals surface area contributed by atoms with Crippen LogP contribution in [0, 0.1) is 13.8 Å². The summed E-state index contributed by atoms with van der Waals surface area (Å²) in [5.41, 5.74) is 2.91. The highest BCUT2D eigenvalue weighted by Gasteiger charge is 2.31. The van der Waals surface area contributed by atoms with E-state index in [0.717, 1.165) is 16.9 Å². The number of carbonyl (C=O) groups is 1.